The van der Waals surface area contributed by atoms with Gasteiger partial charge in [-0.05, 0) is 31.0 Å². The minimum Gasteiger partial charge on any atom is -0.492 e. The van der Waals surface area contributed by atoms with Crippen LogP contribution < -0.4 is 4.74 Å². The van der Waals surface area contributed by atoms with Crippen molar-refractivity contribution in [1.29, 1.82) is 0 Å². The van der Waals surface area contributed by atoms with E-state index in [1.165, 1.54) is 0 Å². The minimum absolute atomic E-state index is 0.269. The van der Waals surface area contributed by atoms with E-state index in [2.05, 4.69) is 15.2 Å². The van der Waals surface area contributed by atoms with Crippen LogP contribution in [0.1, 0.15) is 38.5 Å². The number of unbranched alkanes of at least 4 members (excludes halogenated alkanes) is 4. The molecule has 0 aliphatic carbocycles. The summed E-state index contributed by atoms with van der Waals surface area (Å²) in [6, 6.07) is 5.66. The second-order valence-electron chi connectivity index (χ2n) is 5.11. The summed E-state index contributed by atoms with van der Waals surface area (Å²) in [4.78, 5) is 14.7. The monoisotopic (exact) mass is 303 g/mol. The fraction of sp³-hybridized carbons (Fsp3) is 0.438. The summed E-state index contributed by atoms with van der Waals surface area (Å²) < 4.78 is 5.64. The second-order valence-corrected chi connectivity index (χ2v) is 5.11. The van der Waals surface area contributed by atoms with E-state index in [0.717, 1.165) is 49.2 Å². The highest BCUT2D eigenvalue weighted by atomic mass is 16.5. The number of aromatic nitrogens is 3. The molecule has 118 valence electrons. The first-order valence-electron chi connectivity index (χ1n) is 7.56. The van der Waals surface area contributed by atoms with Crippen molar-refractivity contribution in [2.45, 2.75) is 38.5 Å². The number of H-pyrrole nitrogens is 1. The normalized spacial score (nSPS) is 10.5. The lowest BCUT2D eigenvalue weighted by Crippen LogP contribution is -1.98. The Morgan fingerprint density at radius 2 is 1.95 bits per heavy atom. The minimum atomic E-state index is -0.714. The van der Waals surface area contributed by atoms with Gasteiger partial charge in [0.2, 0.25) is 0 Å². The third kappa shape index (κ3) is 5.55. The lowest BCUT2D eigenvalue weighted by atomic mass is 10.1. The number of hydrogen-bond acceptors (Lipinski definition) is 4. The maximum atomic E-state index is 10.4. The molecule has 2 heterocycles. The van der Waals surface area contributed by atoms with Gasteiger partial charge in [0.15, 0.2) is 0 Å². The van der Waals surface area contributed by atoms with Gasteiger partial charge in [-0.25, -0.2) is 0 Å². The summed E-state index contributed by atoms with van der Waals surface area (Å²) in [6.45, 7) is 0.657. The van der Waals surface area contributed by atoms with Gasteiger partial charge in [0.25, 0.3) is 0 Å². The Morgan fingerprint density at radius 3 is 2.64 bits per heavy atom. The van der Waals surface area contributed by atoms with Crippen molar-refractivity contribution in [1.82, 2.24) is 15.2 Å². The zero-order valence-electron chi connectivity index (χ0n) is 12.5. The van der Waals surface area contributed by atoms with Crippen LogP contribution in [0.2, 0.25) is 0 Å². The van der Waals surface area contributed by atoms with Gasteiger partial charge in [0, 0.05) is 12.6 Å². The highest BCUT2D eigenvalue weighted by molar-refractivity contribution is 5.66. The summed E-state index contributed by atoms with van der Waals surface area (Å²) in [5, 5.41) is 15.3. The van der Waals surface area contributed by atoms with Crippen LogP contribution in [0.4, 0.5) is 0 Å². The van der Waals surface area contributed by atoms with Crippen molar-refractivity contribution in [3.05, 3.63) is 30.6 Å². The van der Waals surface area contributed by atoms with E-state index in [9.17, 15) is 4.79 Å². The summed E-state index contributed by atoms with van der Waals surface area (Å²) in [6.07, 6.45) is 8.47. The number of carbonyl (C=O) groups is 1. The quantitative estimate of drug-likeness (QED) is 0.658. The lowest BCUT2D eigenvalue weighted by Gasteiger charge is -2.06. The Labute approximate surface area is 129 Å². The van der Waals surface area contributed by atoms with E-state index in [-0.39, 0.29) is 6.42 Å². The molecule has 6 heteroatoms. The van der Waals surface area contributed by atoms with E-state index in [1.807, 2.05) is 18.2 Å². The molecular formula is C16H21N3O3. The molecule has 2 aromatic rings. The van der Waals surface area contributed by atoms with Gasteiger partial charge in [-0.1, -0.05) is 19.3 Å². The van der Waals surface area contributed by atoms with Crippen LogP contribution in [0, 0.1) is 0 Å². The topological polar surface area (TPSA) is 88.1 Å². The molecule has 0 saturated carbocycles. The average Bonchev–Trinajstić information content (AvgIpc) is 3.04. The SMILES string of the molecule is O=C(O)CCCCCCCOc1ccc(-c2ccn[nH]2)nc1. The number of pyridine rings is 1. The molecule has 6 nitrogen and oxygen atoms in total. The molecule has 2 rings (SSSR count). The molecule has 22 heavy (non-hydrogen) atoms. The first-order chi connectivity index (χ1) is 10.8. The number of aliphatic carboxylic acids is 1. The molecule has 0 fully saturated rings. The Kier molecular flexibility index (Phi) is 6.41. The molecule has 0 spiro atoms. The lowest BCUT2D eigenvalue weighted by molar-refractivity contribution is -0.137. The second kappa shape index (κ2) is 8.81. The smallest absolute Gasteiger partial charge is 0.303 e. The summed E-state index contributed by atoms with van der Waals surface area (Å²) in [5.41, 5.74) is 1.72. The van der Waals surface area contributed by atoms with Crippen LogP contribution in [0.25, 0.3) is 11.4 Å². The summed E-state index contributed by atoms with van der Waals surface area (Å²) in [7, 11) is 0. The first kappa shape index (κ1) is 16.0. The number of nitrogens with zero attached hydrogens (tertiary/aromatic N) is 2. The zero-order valence-corrected chi connectivity index (χ0v) is 12.5. The molecular weight excluding hydrogens is 282 g/mol. The van der Waals surface area contributed by atoms with Gasteiger partial charge in [0.05, 0.1) is 24.2 Å². The number of carboxylic acid groups (broad SMARTS) is 1. The zero-order chi connectivity index (χ0) is 15.6. The largest absolute Gasteiger partial charge is 0.492 e. The standard InChI is InChI=1S/C16H21N3O3/c20-16(21)6-4-2-1-3-5-11-22-13-7-8-14(17-12-13)15-9-10-18-19-15/h7-10,12H,1-6,11H2,(H,18,19)(H,20,21). The maximum Gasteiger partial charge on any atom is 0.303 e. The number of nitrogens with one attached hydrogen (secondary N) is 1. The van der Waals surface area contributed by atoms with Crippen molar-refractivity contribution >= 4 is 5.97 Å². The number of aromatic amines is 1. The molecule has 0 aromatic carbocycles. The molecule has 2 N–H and O–H groups in total. The number of carboxylic acids is 1. The van der Waals surface area contributed by atoms with E-state index in [4.69, 9.17) is 9.84 Å². The average molecular weight is 303 g/mol. The van der Waals surface area contributed by atoms with E-state index >= 15 is 0 Å². The molecule has 0 unspecified atom stereocenters. The van der Waals surface area contributed by atoms with Crippen molar-refractivity contribution in [3.8, 4) is 17.1 Å². The predicted molar refractivity (Wildman–Crippen MR) is 82.7 cm³/mol. The van der Waals surface area contributed by atoms with Crippen LogP contribution in [-0.4, -0.2) is 32.9 Å². The Hall–Kier alpha value is -2.37. The van der Waals surface area contributed by atoms with Crippen LogP contribution >= 0.6 is 0 Å². The number of rotatable bonds is 10. The fourth-order valence-corrected chi connectivity index (χ4v) is 2.12. The van der Waals surface area contributed by atoms with E-state index in [0.29, 0.717) is 6.61 Å². The maximum absolute atomic E-state index is 10.4. The van der Waals surface area contributed by atoms with E-state index < -0.39 is 5.97 Å². The number of ether oxygens (including phenoxy) is 1. The van der Waals surface area contributed by atoms with E-state index in [1.54, 1.807) is 12.4 Å². The Morgan fingerprint density at radius 1 is 1.14 bits per heavy atom. The molecule has 2 aromatic heterocycles. The molecule has 0 amide bonds. The first-order valence-corrected chi connectivity index (χ1v) is 7.56. The van der Waals surface area contributed by atoms with Gasteiger partial charge >= 0.3 is 5.97 Å². The molecule has 0 atom stereocenters. The predicted octanol–water partition coefficient (Wildman–Crippen LogP) is 3.28. The van der Waals surface area contributed by atoms with Gasteiger partial charge in [-0.2, -0.15) is 5.10 Å². The highest BCUT2D eigenvalue weighted by Crippen LogP contribution is 2.17. The third-order valence-electron chi connectivity index (χ3n) is 3.32. The number of hydrogen-bond donors (Lipinski definition) is 2. The van der Waals surface area contributed by atoms with Gasteiger partial charge in [-0.15, -0.1) is 0 Å². The van der Waals surface area contributed by atoms with Crippen LogP contribution in [-0.2, 0) is 4.79 Å². The molecule has 0 saturated heterocycles. The van der Waals surface area contributed by atoms with Crippen molar-refractivity contribution in [2.24, 2.45) is 0 Å². The van der Waals surface area contributed by atoms with Gasteiger partial charge < -0.3 is 9.84 Å². The van der Waals surface area contributed by atoms with Crippen molar-refractivity contribution in [3.63, 3.8) is 0 Å². The molecule has 0 aliphatic heterocycles. The molecule has 0 radical (unpaired) electrons. The van der Waals surface area contributed by atoms with Crippen LogP contribution in [0.5, 0.6) is 5.75 Å². The van der Waals surface area contributed by atoms with Gasteiger partial charge in [-0.3, -0.25) is 14.9 Å². The Balaban J connectivity index is 1.58. The van der Waals surface area contributed by atoms with Crippen LogP contribution in [0.3, 0.4) is 0 Å². The molecule has 0 aliphatic rings. The van der Waals surface area contributed by atoms with Crippen molar-refractivity contribution in [2.75, 3.05) is 6.61 Å². The molecule has 0 bridgehead atoms. The Bertz CT molecular complexity index is 553. The van der Waals surface area contributed by atoms with Crippen LogP contribution in [0.15, 0.2) is 30.6 Å². The van der Waals surface area contributed by atoms with Crippen molar-refractivity contribution < 1.29 is 14.6 Å². The van der Waals surface area contributed by atoms with Gasteiger partial charge in [0.1, 0.15) is 5.75 Å². The summed E-state index contributed by atoms with van der Waals surface area (Å²) in [5.74, 6) is 0.0450. The third-order valence-corrected chi connectivity index (χ3v) is 3.32. The fourth-order valence-electron chi connectivity index (χ4n) is 2.12. The summed E-state index contributed by atoms with van der Waals surface area (Å²) >= 11 is 0. The highest BCUT2D eigenvalue weighted by Gasteiger charge is 2.01.